The molecule has 7 nitrogen and oxygen atoms in total. The molecule has 0 bridgehead atoms. The van der Waals surface area contributed by atoms with Crippen LogP contribution in [0.5, 0.6) is 0 Å². The summed E-state index contributed by atoms with van der Waals surface area (Å²) >= 11 is 0. The number of hydrogen-bond acceptors (Lipinski definition) is 5. The van der Waals surface area contributed by atoms with Crippen molar-refractivity contribution < 1.29 is 14.1 Å². The summed E-state index contributed by atoms with van der Waals surface area (Å²) < 4.78 is 4.83. The third kappa shape index (κ3) is 3.08. The zero-order valence-electron chi connectivity index (χ0n) is 10.6. The number of amides is 1. The summed E-state index contributed by atoms with van der Waals surface area (Å²) in [4.78, 5) is 22.1. The van der Waals surface area contributed by atoms with Crippen LogP contribution in [0.2, 0.25) is 0 Å². The smallest absolute Gasteiger partial charge is 0.273 e. The number of nitrogens with one attached hydrogen (secondary N) is 1. The van der Waals surface area contributed by atoms with Crippen molar-refractivity contribution in [3.63, 3.8) is 0 Å². The van der Waals surface area contributed by atoms with E-state index in [1.165, 1.54) is 36.9 Å². The summed E-state index contributed by atoms with van der Waals surface area (Å²) in [6.45, 7) is 1.61. The Morgan fingerprint density at radius 3 is 2.90 bits per heavy atom. The van der Waals surface area contributed by atoms with Crippen molar-refractivity contribution in [1.82, 2.24) is 5.43 Å². The summed E-state index contributed by atoms with van der Waals surface area (Å²) in [5.74, 6) is -0.521. The molecule has 0 saturated carbocycles. The highest BCUT2D eigenvalue weighted by Gasteiger charge is 2.14. The first-order valence-corrected chi connectivity index (χ1v) is 5.68. The quantitative estimate of drug-likeness (QED) is 0.524. The maximum absolute atomic E-state index is 11.8. The van der Waals surface area contributed by atoms with Gasteiger partial charge in [-0.3, -0.25) is 14.9 Å². The van der Waals surface area contributed by atoms with Crippen LogP contribution in [-0.4, -0.2) is 17.0 Å². The average Bonchev–Trinajstić information content (AvgIpc) is 2.92. The molecule has 1 amide bonds. The average molecular weight is 273 g/mol. The number of benzene rings is 1. The van der Waals surface area contributed by atoms with Gasteiger partial charge in [0.1, 0.15) is 0 Å². The zero-order valence-corrected chi connectivity index (χ0v) is 10.6. The van der Waals surface area contributed by atoms with E-state index in [4.69, 9.17) is 4.42 Å². The normalized spacial score (nSPS) is 10.7. The molecule has 0 aliphatic carbocycles. The number of aryl methyl sites for hydroxylation is 1. The maximum Gasteiger partial charge on any atom is 0.273 e. The van der Waals surface area contributed by atoms with Crippen LogP contribution in [0, 0.1) is 17.0 Å². The van der Waals surface area contributed by atoms with Crippen LogP contribution in [-0.2, 0) is 0 Å². The number of carbonyl (C=O) groups excluding carboxylic acids is 1. The van der Waals surface area contributed by atoms with Gasteiger partial charge in [0, 0.05) is 22.8 Å². The highest BCUT2D eigenvalue weighted by molar-refractivity contribution is 5.95. The standard InChI is InChI=1S/C13H11N3O4/c1-9-2-3-11(6-12(9)16(18)19)13(17)15-14-7-10-4-5-20-8-10/h2-8H,1H3,(H,15,17)/b14-7-. The molecule has 0 radical (unpaired) electrons. The molecule has 20 heavy (non-hydrogen) atoms. The van der Waals surface area contributed by atoms with Crippen molar-refractivity contribution in [2.24, 2.45) is 5.10 Å². The summed E-state index contributed by atoms with van der Waals surface area (Å²) in [5, 5.41) is 14.5. The Morgan fingerprint density at radius 2 is 2.25 bits per heavy atom. The van der Waals surface area contributed by atoms with Gasteiger partial charge >= 0.3 is 0 Å². The third-order valence-corrected chi connectivity index (χ3v) is 2.59. The molecular formula is C13H11N3O4. The number of hydrogen-bond donors (Lipinski definition) is 1. The Hall–Kier alpha value is -2.96. The summed E-state index contributed by atoms with van der Waals surface area (Å²) in [6, 6.07) is 5.92. The molecule has 1 aromatic carbocycles. The molecule has 0 atom stereocenters. The van der Waals surface area contributed by atoms with Crippen molar-refractivity contribution >= 4 is 17.8 Å². The van der Waals surface area contributed by atoms with Gasteiger partial charge in [-0.25, -0.2) is 5.43 Å². The van der Waals surface area contributed by atoms with E-state index in [9.17, 15) is 14.9 Å². The molecule has 1 N–H and O–H groups in total. The van der Waals surface area contributed by atoms with Crippen LogP contribution in [0.25, 0.3) is 0 Å². The molecule has 2 aromatic rings. The lowest BCUT2D eigenvalue weighted by atomic mass is 10.1. The second kappa shape index (κ2) is 5.79. The predicted octanol–water partition coefficient (Wildman–Crippen LogP) is 2.26. The molecule has 2 rings (SSSR count). The minimum absolute atomic E-state index is 0.100. The van der Waals surface area contributed by atoms with E-state index < -0.39 is 10.8 Å². The fourth-order valence-electron chi connectivity index (χ4n) is 1.53. The van der Waals surface area contributed by atoms with Crippen molar-refractivity contribution in [3.05, 3.63) is 63.6 Å². The lowest BCUT2D eigenvalue weighted by Crippen LogP contribution is -2.17. The second-order valence-electron chi connectivity index (χ2n) is 4.01. The first kappa shape index (κ1) is 13.5. The highest BCUT2D eigenvalue weighted by atomic mass is 16.6. The molecular weight excluding hydrogens is 262 g/mol. The number of nitro benzene ring substituents is 1. The molecule has 0 spiro atoms. The summed E-state index contributed by atoms with van der Waals surface area (Å²) in [5.41, 5.74) is 3.55. The van der Waals surface area contributed by atoms with E-state index in [2.05, 4.69) is 10.5 Å². The van der Waals surface area contributed by atoms with Crippen molar-refractivity contribution in [1.29, 1.82) is 0 Å². The van der Waals surface area contributed by atoms with Crippen LogP contribution < -0.4 is 5.43 Å². The van der Waals surface area contributed by atoms with Gasteiger partial charge in [-0.05, 0) is 19.1 Å². The van der Waals surface area contributed by atoms with Gasteiger partial charge in [0.25, 0.3) is 11.6 Å². The lowest BCUT2D eigenvalue weighted by molar-refractivity contribution is -0.385. The number of rotatable bonds is 4. The molecule has 0 unspecified atom stereocenters. The minimum Gasteiger partial charge on any atom is -0.472 e. The van der Waals surface area contributed by atoms with Gasteiger partial charge in [0.15, 0.2) is 0 Å². The number of carbonyl (C=O) groups is 1. The molecule has 1 heterocycles. The number of nitrogens with zero attached hydrogens (tertiary/aromatic N) is 2. The minimum atomic E-state index is -0.527. The summed E-state index contributed by atoms with van der Waals surface area (Å²) in [6.07, 6.45) is 4.35. The topological polar surface area (TPSA) is 97.7 Å². The number of hydrazone groups is 1. The van der Waals surface area contributed by atoms with Crippen molar-refractivity contribution in [2.75, 3.05) is 0 Å². The Morgan fingerprint density at radius 1 is 1.45 bits per heavy atom. The predicted molar refractivity (Wildman–Crippen MR) is 71.6 cm³/mol. The molecule has 0 aliphatic heterocycles. The molecule has 0 fully saturated rings. The van der Waals surface area contributed by atoms with E-state index in [-0.39, 0.29) is 11.3 Å². The van der Waals surface area contributed by atoms with Gasteiger partial charge in [0.05, 0.1) is 23.7 Å². The van der Waals surface area contributed by atoms with E-state index >= 15 is 0 Å². The maximum atomic E-state index is 11.8. The SMILES string of the molecule is Cc1ccc(C(=O)N/N=C\c2ccoc2)cc1[N+](=O)[O-]. The number of nitro groups is 1. The van der Waals surface area contributed by atoms with Crippen LogP contribution in [0.4, 0.5) is 5.69 Å². The zero-order chi connectivity index (χ0) is 14.5. The molecule has 0 saturated heterocycles. The fourth-order valence-corrected chi connectivity index (χ4v) is 1.53. The molecule has 7 heteroatoms. The Kier molecular flexibility index (Phi) is 3.90. The highest BCUT2D eigenvalue weighted by Crippen LogP contribution is 2.19. The van der Waals surface area contributed by atoms with Gasteiger partial charge in [-0.2, -0.15) is 5.10 Å². The largest absolute Gasteiger partial charge is 0.472 e. The van der Waals surface area contributed by atoms with E-state index in [1.807, 2.05) is 0 Å². The van der Waals surface area contributed by atoms with Crippen molar-refractivity contribution in [3.8, 4) is 0 Å². The van der Waals surface area contributed by atoms with Crippen molar-refractivity contribution in [2.45, 2.75) is 6.92 Å². The van der Waals surface area contributed by atoms with Gasteiger partial charge in [-0.1, -0.05) is 6.07 Å². The Bertz CT molecular complexity index is 662. The number of furan rings is 1. The fraction of sp³-hybridized carbons (Fsp3) is 0.0769. The summed E-state index contributed by atoms with van der Waals surface area (Å²) in [7, 11) is 0. The van der Waals surface area contributed by atoms with Gasteiger partial charge in [0.2, 0.25) is 0 Å². The van der Waals surface area contributed by atoms with Crippen LogP contribution in [0.3, 0.4) is 0 Å². The van der Waals surface area contributed by atoms with Crippen LogP contribution in [0.1, 0.15) is 21.5 Å². The molecule has 0 aliphatic rings. The van der Waals surface area contributed by atoms with Crippen LogP contribution in [0.15, 0.2) is 46.3 Å². The van der Waals surface area contributed by atoms with E-state index in [0.717, 1.165) is 0 Å². The van der Waals surface area contributed by atoms with E-state index in [0.29, 0.717) is 11.1 Å². The lowest BCUT2D eigenvalue weighted by Gasteiger charge is -2.01. The van der Waals surface area contributed by atoms with Gasteiger partial charge < -0.3 is 4.42 Å². The molecule has 102 valence electrons. The Balaban J connectivity index is 2.09. The monoisotopic (exact) mass is 273 g/mol. The first-order chi connectivity index (χ1) is 9.58. The second-order valence-corrected chi connectivity index (χ2v) is 4.01. The first-order valence-electron chi connectivity index (χ1n) is 5.68. The Labute approximate surface area is 114 Å². The van der Waals surface area contributed by atoms with Gasteiger partial charge in [-0.15, -0.1) is 0 Å². The molecule has 1 aromatic heterocycles. The third-order valence-electron chi connectivity index (χ3n) is 2.59. The van der Waals surface area contributed by atoms with Crippen LogP contribution >= 0.6 is 0 Å². The van der Waals surface area contributed by atoms with E-state index in [1.54, 1.807) is 13.0 Å².